The van der Waals surface area contributed by atoms with Gasteiger partial charge in [-0.15, -0.1) is 18.3 Å². The Labute approximate surface area is 389 Å². The van der Waals surface area contributed by atoms with Gasteiger partial charge in [-0.2, -0.15) is 0 Å². The number of amides is 1. The Kier molecular flexibility index (Phi) is 16.5. The van der Waals surface area contributed by atoms with Gasteiger partial charge in [0.05, 0.1) is 23.2 Å². The maximum absolute atomic E-state index is 15.0. The molecule has 1 aliphatic heterocycles. The van der Waals surface area contributed by atoms with Crippen molar-refractivity contribution in [1.29, 1.82) is 0 Å². The Balaban J connectivity index is 1.44. The van der Waals surface area contributed by atoms with E-state index in [-0.39, 0.29) is 56.2 Å². The van der Waals surface area contributed by atoms with E-state index in [9.17, 15) is 24.7 Å². The molecule has 1 saturated carbocycles. The minimum atomic E-state index is -1.54. The van der Waals surface area contributed by atoms with Crippen molar-refractivity contribution in [3.8, 4) is 17.2 Å². The first-order valence-corrected chi connectivity index (χ1v) is 23.8. The number of hydrogen-bond acceptors (Lipinski definition) is 11. The second-order valence-electron chi connectivity index (χ2n) is 16.7. The number of unbranched alkanes of at least 4 members (excludes halogenated alkanes) is 2. The van der Waals surface area contributed by atoms with Crippen LogP contribution in [0, 0.1) is 33.7 Å². The van der Waals surface area contributed by atoms with Gasteiger partial charge < -0.3 is 34.2 Å². The van der Waals surface area contributed by atoms with Crippen LogP contribution in [0.4, 0.5) is 10.1 Å². The molecular formula is C52H58FN3O9S. The molecule has 4 aromatic rings. The minimum absolute atomic E-state index is 0.00941. The number of benzene rings is 4. The zero-order valence-corrected chi connectivity index (χ0v) is 38.2. The fourth-order valence-electron chi connectivity index (χ4n) is 9.73. The van der Waals surface area contributed by atoms with Crippen molar-refractivity contribution in [1.82, 2.24) is 4.90 Å². The van der Waals surface area contributed by atoms with Gasteiger partial charge in [0, 0.05) is 60.8 Å². The van der Waals surface area contributed by atoms with Crippen molar-refractivity contribution in [2.24, 2.45) is 22.9 Å². The van der Waals surface area contributed by atoms with E-state index >= 15 is 4.79 Å². The summed E-state index contributed by atoms with van der Waals surface area (Å²) in [7, 11) is 0. The standard InChI is InChI=1S/C52H58FN3O9S/c1-4-30-62-52-48(55(34-36-12-17-38(53)18-13-36)49(59)27-16-35-14-19-39(20-15-35)56(60)61)33-46(54-63-5-2)44-31-37(10-6-8-28-57)43(11-7-9-29-58)50(51(44)52)45-32-41(23-26-47(45)65-52)64-40-21-24-42(66-3)25-22-40/h4,12-27,31-32,37,43,48,50-51,57-58H,1,5-11,28-30,33-34H2,2-3H3. The van der Waals surface area contributed by atoms with E-state index in [0.29, 0.717) is 53.5 Å². The van der Waals surface area contributed by atoms with Gasteiger partial charge in [0.15, 0.2) is 0 Å². The molecule has 6 atom stereocenters. The van der Waals surface area contributed by atoms with Gasteiger partial charge in [-0.3, -0.25) is 14.9 Å². The van der Waals surface area contributed by atoms with Gasteiger partial charge in [-0.05, 0) is 140 Å². The van der Waals surface area contributed by atoms with Gasteiger partial charge in [-0.1, -0.05) is 42.3 Å². The van der Waals surface area contributed by atoms with E-state index in [4.69, 9.17) is 24.2 Å². The summed E-state index contributed by atoms with van der Waals surface area (Å²) in [6.07, 6.45) is 13.5. The number of thioether (sulfide) groups is 1. The molecule has 348 valence electrons. The number of oxime groups is 1. The van der Waals surface area contributed by atoms with Gasteiger partial charge in [-0.25, -0.2) is 4.39 Å². The van der Waals surface area contributed by atoms with Gasteiger partial charge in [0.2, 0.25) is 11.7 Å². The lowest BCUT2D eigenvalue weighted by Gasteiger charge is -2.60. The maximum Gasteiger partial charge on any atom is 0.269 e. The predicted octanol–water partition coefficient (Wildman–Crippen LogP) is 10.6. The summed E-state index contributed by atoms with van der Waals surface area (Å²) >= 11 is 1.65. The Morgan fingerprint density at radius 3 is 2.38 bits per heavy atom. The molecule has 6 unspecified atom stereocenters. The molecule has 0 radical (unpaired) electrons. The van der Waals surface area contributed by atoms with E-state index in [0.717, 1.165) is 41.7 Å². The molecule has 0 saturated heterocycles. The number of nitrogens with zero attached hydrogens (tertiary/aromatic N) is 3. The quantitative estimate of drug-likeness (QED) is 0.0194. The van der Waals surface area contributed by atoms with Gasteiger partial charge in [0.1, 0.15) is 35.7 Å². The number of carbonyl (C=O) groups excluding carboxylic acids is 1. The molecule has 0 aromatic heterocycles. The molecule has 12 nitrogen and oxygen atoms in total. The van der Waals surface area contributed by atoms with Crippen molar-refractivity contribution in [3.05, 3.63) is 154 Å². The Bertz CT molecular complexity index is 2390. The monoisotopic (exact) mass is 919 g/mol. The lowest BCUT2D eigenvalue weighted by atomic mass is 9.55. The van der Waals surface area contributed by atoms with E-state index in [2.05, 4.69) is 12.7 Å². The second-order valence-corrected chi connectivity index (χ2v) is 17.6. The molecular weight excluding hydrogens is 862 g/mol. The van der Waals surface area contributed by atoms with Crippen molar-refractivity contribution in [2.75, 3.05) is 32.7 Å². The number of nitro benzene ring substituents is 1. The zero-order valence-electron chi connectivity index (χ0n) is 37.4. The molecule has 1 fully saturated rings. The third-order valence-electron chi connectivity index (χ3n) is 12.7. The van der Waals surface area contributed by atoms with E-state index < -0.39 is 34.4 Å². The highest BCUT2D eigenvalue weighted by atomic mass is 32.2. The lowest BCUT2D eigenvalue weighted by Crippen LogP contribution is -2.70. The number of fused-ring (bicyclic) bond motifs is 2. The van der Waals surface area contributed by atoms with Gasteiger partial charge >= 0.3 is 0 Å². The molecule has 2 N–H and O–H groups in total. The van der Waals surface area contributed by atoms with Crippen molar-refractivity contribution >= 4 is 35.1 Å². The molecule has 66 heavy (non-hydrogen) atoms. The first kappa shape index (κ1) is 48.1. The van der Waals surface area contributed by atoms with Crippen LogP contribution in [0.15, 0.2) is 131 Å². The van der Waals surface area contributed by atoms with Crippen LogP contribution in [-0.4, -0.2) is 76.2 Å². The van der Waals surface area contributed by atoms with Crippen LogP contribution >= 0.6 is 11.8 Å². The van der Waals surface area contributed by atoms with E-state index in [1.165, 1.54) is 30.3 Å². The van der Waals surface area contributed by atoms with Crippen molar-refractivity contribution in [3.63, 3.8) is 0 Å². The van der Waals surface area contributed by atoms with E-state index in [1.54, 1.807) is 53.1 Å². The van der Waals surface area contributed by atoms with Crippen LogP contribution in [0.2, 0.25) is 0 Å². The van der Waals surface area contributed by atoms with Crippen molar-refractivity contribution < 1.29 is 43.4 Å². The average Bonchev–Trinajstić information content (AvgIpc) is 3.33. The topological polar surface area (TPSA) is 153 Å². The first-order chi connectivity index (χ1) is 32.1. The largest absolute Gasteiger partial charge is 0.459 e. The predicted molar refractivity (Wildman–Crippen MR) is 254 cm³/mol. The maximum atomic E-state index is 15.0. The summed E-state index contributed by atoms with van der Waals surface area (Å²) in [5.41, 5.74) is 3.60. The lowest BCUT2D eigenvalue weighted by molar-refractivity contribution is -0.384. The molecule has 3 aliphatic rings. The number of hydrogen-bond donors (Lipinski definition) is 2. The fourth-order valence-corrected chi connectivity index (χ4v) is 10.1. The molecule has 7 rings (SSSR count). The molecule has 1 amide bonds. The molecule has 0 spiro atoms. The third-order valence-corrected chi connectivity index (χ3v) is 13.4. The second kappa shape index (κ2) is 22.6. The number of aliphatic hydroxyl groups excluding tert-OH is 2. The Hall–Kier alpha value is -5.80. The van der Waals surface area contributed by atoms with Gasteiger partial charge in [0.25, 0.3) is 5.69 Å². The highest BCUT2D eigenvalue weighted by Gasteiger charge is 2.65. The van der Waals surface area contributed by atoms with Crippen LogP contribution in [0.25, 0.3) is 6.08 Å². The minimum Gasteiger partial charge on any atom is -0.459 e. The number of aliphatic hydroxyl groups is 2. The summed E-state index contributed by atoms with van der Waals surface area (Å²) in [6, 6.07) is 24.8. The summed E-state index contributed by atoms with van der Waals surface area (Å²) < 4.78 is 35.4. The first-order valence-electron chi connectivity index (χ1n) is 22.6. The highest BCUT2D eigenvalue weighted by molar-refractivity contribution is 7.98. The molecule has 2 aliphatic carbocycles. The number of ether oxygens (including phenoxy) is 3. The smallest absolute Gasteiger partial charge is 0.269 e. The third kappa shape index (κ3) is 10.9. The fraction of sp³-hybridized carbons (Fsp3) is 0.385. The van der Waals surface area contributed by atoms with Crippen molar-refractivity contribution in [2.45, 2.75) is 81.1 Å². The number of halogens is 1. The summed E-state index contributed by atoms with van der Waals surface area (Å²) in [6.45, 7) is 6.41. The van der Waals surface area contributed by atoms with E-state index in [1.807, 2.05) is 55.6 Å². The average molecular weight is 920 g/mol. The molecule has 0 bridgehead atoms. The number of non-ortho nitro benzene ring substituents is 1. The number of nitro groups is 1. The summed E-state index contributed by atoms with van der Waals surface area (Å²) in [5.74, 6) is -1.33. The molecule has 1 heterocycles. The number of carbonyl (C=O) groups is 1. The molecule has 14 heteroatoms. The Morgan fingerprint density at radius 2 is 1.71 bits per heavy atom. The number of allylic oxidation sites excluding steroid dienone is 1. The SMILES string of the molecule is C=CCOC12Oc3ccc(Oc4ccc(SC)cc4)cc3C3C(CCCCO)C(CCCCO)C=C(C(=NOCC)CC1N(Cc1ccc(F)cc1)C(=O)C=Cc1ccc([N+](=O)[O-])cc1)C32. The molecule has 4 aromatic carbocycles. The zero-order chi connectivity index (χ0) is 46.6. The summed E-state index contributed by atoms with van der Waals surface area (Å²) in [4.78, 5) is 34.6. The van der Waals surface area contributed by atoms with Crippen LogP contribution in [0.1, 0.15) is 74.5 Å². The van der Waals surface area contributed by atoms with Crippen LogP contribution in [0.5, 0.6) is 17.2 Å². The number of rotatable bonds is 22. The normalized spacial score (nSPS) is 22.5. The summed E-state index contributed by atoms with van der Waals surface area (Å²) in [5, 5.41) is 36.1. The van der Waals surface area contributed by atoms with Crippen LogP contribution in [-0.2, 0) is 20.9 Å². The van der Waals surface area contributed by atoms with Crippen LogP contribution in [0.3, 0.4) is 0 Å². The highest BCUT2D eigenvalue weighted by Crippen LogP contribution is 2.62. The Morgan fingerprint density at radius 1 is 1.00 bits per heavy atom. The van der Waals surface area contributed by atoms with Crippen LogP contribution < -0.4 is 9.47 Å².